The van der Waals surface area contributed by atoms with E-state index in [1.807, 2.05) is 48.5 Å². The number of aromatic amines is 1. The number of hydrogen-bond acceptors (Lipinski definition) is 3. The molecule has 0 aliphatic heterocycles. The standard InChI is InChI=1S/C18H18N4O2.ClH/c1-22(18(19)20)17(23)16-9-13-7-8-14(10-15(13)21-16)24-11-12-5-3-2-4-6-12;/h2-10,21H,11H2,1H3,(H3,19,20);1H. The molecule has 0 unspecified atom stereocenters. The van der Waals surface area contributed by atoms with Crippen molar-refractivity contribution in [1.29, 1.82) is 5.41 Å². The highest BCUT2D eigenvalue weighted by molar-refractivity contribution is 6.05. The number of guanidine groups is 1. The van der Waals surface area contributed by atoms with Gasteiger partial charge in [0.2, 0.25) is 0 Å². The second-order valence-electron chi connectivity index (χ2n) is 5.46. The van der Waals surface area contributed by atoms with Gasteiger partial charge in [-0.05, 0) is 23.8 Å². The van der Waals surface area contributed by atoms with Crippen LogP contribution in [0.1, 0.15) is 16.1 Å². The molecule has 0 spiro atoms. The minimum absolute atomic E-state index is 0. The van der Waals surface area contributed by atoms with Crippen LogP contribution in [0.4, 0.5) is 0 Å². The van der Waals surface area contributed by atoms with Crippen molar-refractivity contribution in [3.63, 3.8) is 0 Å². The molecule has 0 saturated carbocycles. The van der Waals surface area contributed by atoms with E-state index in [-0.39, 0.29) is 24.3 Å². The molecule has 0 radical (unpaired) electrons. The Balaban J connectivity index is 0.00000225. The number of hydrogen-bond donors (Lipinski definition) is 3. The molecule has 1 aromatic heterocycles. The van der Waals surface area contributed by atoms with Crippen LogP contribution in [-0.4, -0.2) is 28.8 Å². The van der Waals surface area contributed by atoms with Gasteiger partial charge in [-0.25, -0.2) is 0 Å². The summed E-state index contributed by atoms with van der Waals surface area (Å²) in [6, 6.07) is 17.2. The number of amides is 1. The molecule has 1 amide bonds. The van der Waals surface area contributed by atoms with Gasteiger partial charge >= 0.3 is 0 Å². The number of carbonyl (C=O) groups is 1. The number of aromatic nitrogens is 1. The van der Waals surface area contributed by atoms with Crippen molar-refractivity contribution in [3.05, 3.63) is 65.9 Å². The number of fused-ring (bicyclic) bond motifs is 1. The predicted molar refractivity (Wildman–Crippen MR) is 100 cm³/mol. The summed E-state index contributed by atoms with van der Waals surface area (Å²) in [4.78, 5) is 16.3. The lowest BCUT2D eigenvalue weighted by atomic mass is 10.2. The molecular formula is C18H19ClN4O2. The molecule has 2 aromatic carbocycles. The Morgan fingerprint density at radius 3 is 2.60 bits per heavy atom. The number of benzene rings is 2. The first-order valence-electron chi connectivity index (χ1n) is 7.46. The van der Waals surface area contributed by atoms with E-state index >= 15 is 0 Å². The molecule has 0 aliphatic rings. The van der Waals surface area contributed by atoms with Gasteiger partial charge in [-0.2, -0.15) is 0 Å². The highest BCUT2D eigenvalue weighted by atomic mass is 35.5. The molecular weight excluding hydrogens is 340 g/mol. The number of carbonyl (C=O) groups excluding carboxylic acids is 1. The smallest absolute Gasteiger partial charge is 0.276 e. The molecule has 130 valence electrons. The summed E-state index contributed by atoms with van der Waals surface area (Å²) in [5.74, 6) is 0.0584. The van der Waals surface area contributed by atoms with Crippen molar-refractivity contribution < 1.29 is 9.53 Å². The molecule has 0 bridgehead atoms. The summed E-state index contributed by atoms with van der Waals surface area (Å²) in [5, 5.41) is 8.23. The largest absolute Gasteiger partial charge is 0.489 e. The Hall–Kier alpha value is -2.99. The van der Waals surface area contributed by atoms with Crippen LogP contribution in [0, 0.1) is 5.41 Å². The van der Waals surface area contributed by atoms with Crippen LogP contribution in [0.3, 0.4) is 0 Å². The fraction of sp³-hybridized carbons (Fsp3) is 0.111. The summed E-state index contributed by atoms with van der Waals surface area (Å²) in [5.41, 5.74) is 7.60. The third kappa shape index (κ3) is 4.10. The van der Waals surface area contributed by atoms with E-state index in [4.69, 9.17) is 15.9 Å². The summed E-state index contributed by atoms with van der Waals surface area (Å²) < 4.78 is 5.79. The molecule has 25 heavy (non-hydrogen) atoms. The van der Waals surface area contributed by atoms with Crippen molar-refractivity contribution in [1.82, 2.24) is 9.88 Å². The number of nitrogens with one attached hydrogen (secondary N) is 2. The molecule has 0 saturated heterocycles. The summed E-state index contributed by atoms with van der Waals surface area (Å²) in [7, 11) is 1.46. The van der Waals surface area contributed by atoms with E-state index in [1.54, 1.807) is 6.07 Å². The van der Waals surface area contributed by atoms with Gasteiger partial charge in [-0.1, -0.05) is 30.3 Å². The minimum Gasteiger partial charge on any atom is -0.489 e. The van der Waals surface area contributed by atoms with Gasteiger partial charge < -0.3 is 15.5 Å². The number of nitrogens with two attached hydrogens (primary N) is 1. The van der Waals surface area contributed by atoms with Gasteiger partial charge in [-0.3, -0.25) is 15.1 Å². The van der Waals surface area contributed by atoms with Crippen LogP contribution in [0.25, 0.3) is 10.9 Å². The number of ether oxygens (including phenoxy) is 1. The Kier molecular flexibility index (Phi) is 5.67. The van der Waals surface area contributed by atoms with Crippen LogP contribution in [-0.2, 0) is 6.61 Å². The highest BCUT2D eigenvalue weighted by Gasteiger charge is 2.16. The van der Waals surface area contributed by atoms with E-state index in [9.17, 15) is 4.79 Å². The molecule has 0 aliphatic carbocycles. The third-order valence-corrected chi connectivity index (χ3v) is 3.74. The summed E-state index contributed by atoms with van der Waals surface area (Å²) in [6.07, 6.45) is 0. The van der Waals surface area contributed by atoms with E-state index in [0.717, 1.165) is 21.4 Å². The Morgan fingerprint density at radius 1 is 1.20 bits per heavy atom. The molecule has 7 heteroatoms. The first kappa shape index (κ1) is 18.4. The molecule has 1 heterocycles. The van der Waals surface area contributed by atoms with E-state index < -0.39 is 0 Å². The van der Waals surface area contributed by atoms with Crippen LogP contribution < -0.4 is 10.5 Å². The van der Waals surface area contributed by atoms with Crippen LogP contribution >= 0.6 is 12.4 Å². The zero-order valence-electron chi connectivity index (χ0n) is 13.7. The first-order valence-corrected chi connectivity index (χ1v) is 7.46. The van der Waals surface area contributed by atoms with Gasteiger partial charge in [0.1, 0.15) is 18.1 Å². The number of nitrogens with zero attached hydrogens (tertiary/aromatic N) is 1. The Labute approximate surface area is 151 Å². The third-order valence-electron chi connectivity index (χ3n) is 3.74. The van der Waals surface area contributed by atoms with E-state index in [0.29, 0.717) is 18.1 Å². The monoisotopic (exact) mass is 358 g/mol. The van der Waals surface area contributed by atoms with Gasteiger partial charge in [0, 0.05) is 24.0 Å². The van der Waals surface area contributed by atoms with Gasteiger partial charge in [0.15, 0.2) is 5.96 Å². The number of rotatable bonds is 4. The van der Waals surface area contributed by atoms with Gasteiger partial charge in [-0.15, -0.1) is 12.4 Å². The summed E-state index contributed by atoms with van der Waals surface area (Å²) in [6.45, 7) is 0.478. The van der Waals surface area contributed by atoms with Crippen molar-refractivity contribution in [2.24, 2.45) is 5.73 Å². The zero-order valence-corrected chi connectivity index (χ0v) is 14.5. The Morgan fingerprint density at radius 2 is 1.92 bits per heavy atom. The topological polar surface area (TPSA) is 95.2 Å². The maximum atomic E-state index is 12.2. The second-order valence-corrected chi connectivity index (χ2v) is 5.46. The fourth-order valence-corrected chi connectivity index (χ4v) is 2.34. The van der Waals surface area contributed by atoms with E-state index in [2.05, 4.69) is 4.98 Å². The van der Waals surface area contributed by atoms with E-state index in [1.165, 1.54) is 7.05 Å². The maximum Gasteiger partial charge on any atom is 0.276 e. The molecule has 3 aromatic rings. The zero-order chi connectivity index (χ0) is 17.1. The maximum absolute atomic E-state index is 12.2. The number of halogens is 1. The minimum atomic E-state index is -0.356. The highest BCUT2D eigenvalue weighted by Crippen LogP contribution is 2.22. The van der Waals surface area contributed by atoms with Crippen LogP contribution in [0.15, 0.2) is 54.6 Å². The average molecular weight is 359 g/mol. The second kappa shape index (κ2) is 7.72. The van der Waals surface area contributed by atoms with Crippen molar-refractivity contribution in [2.75, 3.05) is 7.05 Å². The van der Waals surface area contributed by atoms with Crippen molar-refractivity contribution in [2.45, 2.75) is 6.61 Å². The van der Waals surface area contributed by atoms with Gasteiger partial charge in [0.25, 0.3) is 5.91 Å². The van der Waals surface area contributed by atoms with Crippen LogP contribution in [0.5, 0.6) is 5.75 Å². The molecule has 4 N–H and O–H groups in total. The van der Waals surface area contributed by atoms with Crippen LogP contribution in [0.2, 0.25) is 0 Å². The lowest BCUT2D eigenvalue weighted by molar-refractivity contribution is 0.0864. The van der Waals surface area contributed by atoms with Crippen molar-refractivity contribution in [3.8, 4) is 5.75 Å². The quantitative estimate of drug-likeness (QED) is 0.494. The lowest BCUT2D eigenvalue weighted by Crippen LogP contribution is -2.38. The molecule has 0 fully saturated rings. The first-order chi connectivity index (χ1) is 11.5. The molecule has 6 nitrogen and oxygen atoms in total. The number of H-pyrrole nitrogens is 1. The van der Waals surface area contributed by atoms with Crippen molar-refractivity contribution >= 4 is 35.2 Å². The Bertz CT molecular complexity index is 892. The molecule has 0 atom stereocenters. The molecule has 3 rings (SSSR count). The van der Waals surface area contributed by atoms with Gasteiger partial charge in [0.05, 0.1) is 0 Å². The fourth-order valence-electron chi connectivity index (χ4n) is 2.34. The summed E-state index contributed by atoms with van der Waals surface area (Å²) >= 11 is 0. The normalized spacial score (nSPS) is 10.1. The SMILES string of the molecule is CN(C(=N)N)C(=O)c1cc2ccc(OCc3ccccc3)cc2[nH]1.Cl. The lowest BCUT2D eigenvalue weighted by Gasteiger charge is -2.12. The average Bonchev–Trinajstić information content (AvgIpc) is 3.02. The predicted octanol–water partition coefficient (Wildman–Crippen LogP) is 3.13.